The van der Waals surface area contributed by atoms with Gasteiger partial charge >= 0.3 is 0 Å². The Labute approximate surface area is 112 Å². The van der Waals surface area contributed by atoms with E-state index < -0.39 is 12.1 Å². The van der Waals surface area contributed by atoms with Gasteiger partial charge in [0.1, 0.15) is 12.1 Å². The summed E-state index contributed by atoms with van der Waals surface area (Å²) in [6.07, 6.45) is 3.98. The van der Waals surface area contributed by atoms with Crippen LogP contribution in [0.15, 0.2) is 12.4 Å². The van der Waals surface area contributed by atoms with Crippen molar-refractivity contribution in [3.8, 4) is 0 Å². The number of hydrogen-bond donors (Lipinski definition) is 1. The third-order valence-corrected chi connectivity index (χ3v) is 3.41. The van der Waals surface area contributed by atoms with Gasteiger partial charge in [0.05, 0.1) is 11.9 Å². The molecule has 1 saturated heterocycles. The average Bonchev–Trinajstić information content (AvgIpc) is 2.77. The lowest BCUT2D eigenvalue weighted by Gasteiger charge is -2.39. The third-order valence-electron chi connectivity index (χ3n) is 3.41. The minimum atomic E-state index is -0.473. The van der Waals surface area contributed by atoms with Crippen LogP contribution in [0.4, 0.5) is 5.69 Å². The lowest BCUT2D eigenvalue weighted by atomic mass is 9.96. The maximum absolute atomic E-state index is 12.5. The fraction of sp³-hybridized carbons (Fsp3) is 0.615. The zero-order chi connectivity index (χ0) is 14.2. The first-order valence-corrected chi connectivity index (χ1v) is 6.57. The van der Waals surface area contributed by atoms with E-state index in [1.807, 2.05) is 20.8 Å². The zero-order valence-electron chi connectivity index (χ0n) is 11.8. The van der Waals surface area contributed by atoms with Crippen molar-refractivity contribution in [2.24, 2.45) is 13.0 Å². The standard InChI is InChI=1S/C13H20N4O2/c1-5-10-13(19)17(9-6-14-16(4)7-9)11(8(2)3)12(18)15-10/h6-8,10-11H,5H2,1-4H3,(H,15,18). The maximum Gasteiger partial charge on any atom is 0.250 e. The molecule has 2 unspecified atom stereocenters. The molecule has 104 valence electrons. The minimum absolute atomic E-state index is 0.0435. The van der Waals surface area contributed by atoms with E-state index in [0.29, 0.717) is 12.1 Å². The van der Waals surface area contributed by atoms with E-state index in [0.717, 1.165) is 0 Å². The summed E-state index contributed by atoms with van der Waals surface area (Å²) in [5.74, 6) is -0.110. The van der Waals surface area contributed by atoms with Gasteiger partial charge in [-0.25, -0.2) is 0 Å². The van der Waals surface area contributed by atoms with Crippen molar-refractivity contribution in [2.45, 2.75) is 39.3 Å². The lowest BCUT2D eigenvalue weighted by Crippen LogP contribution is -2.65. The number of aromatic nitrogens is 2. The first-order valence-electron chi connectivity index (χ1n) is 6.57. The van der Waals surface area contributed by atoms with Crippen molar-refractivity contribution in [1.82, 2.24) is 15.1 Å². The molecule has 2 heterocycles. The number of carbonyl (C=O) groups is 2. The van der Waals surface area contributed by atoms with Gasteiger partial charge in [-0.05, 0) is 12.3 Å². The molecule has 19 heavy (non-hydrogen) atoms. The fourth-order valence-corrected chi connectivity index (χ4v) is 2.44. The maximum atomic E-state index is 12.5. The highest BCUT2D eigenvalue weighted by Gasteiger charge is 2.42. The number of piperazine rings is 1. The molecule has 2 atom stereocenters. The number of aryl methyl sites for hydroxylation is 1. The highest BCUT2D eigenvalue weighted by molar-refractivity contribution is 6.08. The second-order valence-corrected chi connectivity index (χ2v) is 5.24. The topological polar surface area (TPSA) is 67.2 Å². The molecular formula is C13H20N4O2. The van der Waals surface area contributed by atoms with Gasteiger partial charge in [-0.3, -0.25) is 19.2 Å². The average molecular weight is 264 g/mol. The molecule has 0 aliphatic carbocycles. The van der Waals surface area contributed by atoms with Crippen molar-refractivity contribution < 1.29 is 9.59 Å². The van der Waals surface area contributed by atoms with Crippen LogP contribution in [0, 0.1) is 5.92 Å². The van der Waals surface area contributed by atoms with E-state index >= 15 is 0 Å². The zero-order valence-corrected chi connectivity index (χ0v) is 11.8. The Morgan fingerprint density at radius 3 is 2.58 bits per heavy atom. The molecule has 0 aromatic carbocycles. The van der Waals surface area contributed by atoms with Crippen LogP contribution in [-0.4, -0.2) is 33.7 Å². The highest BCUT2D eigenvalue weighted by atomic mass is 16.2. The molecule has 0 bridgehead atoms. The molecular weight excluding hydrogens is 244 g/mol. The van der Waals surface area contributed by atoms with E-state index in [9.17, 15) is 9.59 Å². The summed E-state index contributed by atoms with van der Waals surface area (Å²) < 4.78 is 1.63. The Bertz CT molecular complexity index is 495. The monoisotopic (exact) mass is 264 g/mol. The molecule has 1 aromatic rings. The Kier molecular flexibility index (Phi) is 3.59. The third kappa shape index (κ3) is 2.34. The van der Waals surface area contributed by atoms with Gasteiger partial charge in [0.25, 0.3) is 0 Å². The minimum Gasteiger partial charge on any atom is -0.342 e. The van der Waals surface area contributed by atoms with Crippen LogP contribution < -0.4 is 10.2 Å². The molecule has 2 rings (SSSR count). The largest absolute Gasteiger partial charge is 0.342 e. The predicted molar refractivity (Wildman–Crippen MR) is 71.5 cm³/mol. The van der Waals surface area contributed by atoms with Crippen LogP contribution in [0.3, 0.4) is 0 Å². The molecule has 6 nitrogen and oxygen atoms in total. The molecule has 0 spiro atoms. The predicted octanol–water partition coefficient (Wildman–Crippen LogP) is 0.686. The number of nitrogens with one attached hydrogen (secondary N) is 1. The summed E-state index contributed by atoms with van der Waals surface area (Å²) in [6, 6.07) is -0.915. The smallest absolute Gasteiger partial charge is 0.250 e. The normalized spacial score (nSPS) is 23.9. The number of rotatable bonds is 3. The van der Waals surface area contributed by atoms with Crippen molar-refractivity contribution in [3.05, 3.63) is 12.4 Å². The van der Waals surface area contributed by atoms with Crippen LogP contribution in [0.1, 0.15) is 27.2 Å². The molecule has 1 aliphatic rings. The van der Waals surface area contributed by atoms with E-state index in [1.54, 1.807) is 29.0 Å². The quantitative estimate of drug-likeness (QED) is 0.873. The number of carbonyl (C=O) groups excluding carboxylic acids is 2. The highest BCUT2D eigenvalue weighted by Crippen LogP contribution is 2.25. The SMILES string of the molecule is CCC1NC(=O)C(C(C)C)N(c2cnn(C)c2)C1=O. The number of hydrogen-bond acceptors (Lipinski definition) is 3. The van der Waals surface area contributed by atoms with Gasteiger partial charge in [-0.1, -0.05) is 20.8 Å². The molecule has 6 heteroatoms. The molecule has 1 fully saturated rings. The molecule has 1 aliphatic heterocycles. The van der Waals surface area contributed by atoms with Crippen LogP contribution in [0.5, 0.6) is 0 Å². The summed E-state index contributed by atoms with van der Waals surface area (Å²) in [5.41, 5.74) is 0.680. The van der Waals surface area contributed by atoms with Crippen LogP contribution >= 0.6 is 0 Å². The molecule has 1 N–H and O–H groups in total. The molecule has 0 radical (unpaired) electrons. The van der Waals surface area contributed by atoms with Gasteiger partial charge in [0, 0.05) is 13.2 Å². The first kappa shape index (κ1) is 13.6. The second kappa shape index (κ2) is 5.03. The molecule has 1 aromatic heterocycles. The van der Waals surface area contributed by atoms with Crippen LogP contribution in [0.2, 0.25) is 0 Å². The van der Waals surface area contributed by atoms with Crippen molar-refractivity contribution in [1.29, 1.82) is 0 Å². The lowest BCUT2D eigenvalue weighted by molar-refractivity contribution is -0.134. The van der Waals surface area contributed by atoms with Gasteiger partial charge in [0.2, 0.25) is 11.8 Å². The molecule has 0 saturated carbocycles. The Balaban J connectivity index is 2.42. The fourth-order valence-electron chi connectivity index (χ4n) is 2.44. The summed E-state index contributed by atoms with van der Waals surface area (Å²) in [7, 11) is 1.79. The summed E-state index contributed by atoms with van der Waals surface area (Å²) >= 11 is 0. The number of nitrogens with zero attached hydrogens (tertiary/aromatic N) is 3. The van der Waals surface area contributed by atoms with Gasteiger partial charge in [0.15, 0.2) is 0 Å². The number of anilines is 1. The van der Waals surface area contributed by atoms with E-state index in [4.69, 9.17) is 0 Å². The van der Waals surface area contributed by atoms with E-state index in [-0.39, 0.29) is 17.7 Å². The summed E-state index contributed by atoms with van der Waals surface area (Å²) in [5, 5.41) is 6.88. The summed E-state index contributed by atoms with van der Waals surface area (Å²) in [6.45, 7) is 5.76. The van der Waals surface area contributed by atoms with Crippen LogP contribution in [-0.2, 0) is 16.6 Å². The van der Waals surface area contributed by atoms with Gasteiger partial charge in [-0.2, -0.15) is 5.10 Å². The Morgan fingerprint density at radius 1 is 1.42 bits per heavy atom. The molecule has 2 amide bonds. The van der Waals surface area contributed by atoms with Crippen molar-refractivity contribution in [2.75, 3.05) is 4.90 Å². The number of amides is 2. The van der Waals surface area contributed by atoms with Crippen molar-refractivity contribution >= 4 is 17.5 Å². The second-order valence-electron chi connectivity index (χ2n) is 5.24. The van der Waals surface area contributed by atoms with Crippen LogP contribution in [0.25, 0.3) is 0 Å². The van der Waals surface area contributed by atoms with E-state index in [1.165, 1.54) is 0 Å². The van der Waals surface area contributed by atoms with E-state index in [2.05, 4.69) is 10.4 Å². The first-order chi connectivity index (χ1) is 8.95. The Morgan fingerprint density at radius 2 is 2.11 bits per heavy atom. The Hall–Kier alpha value is -1.85. The van der Waals surface area contributed by atoms with Gasteiger partial charge < -0.3 is 5.32 Å². The van der Waals surface area contributed by atoms with Crippen molar-refractivity contribution in [3.63, 3.8) is 0 Å². The van der Waals surface area contributed by atoms with Gasteiger partial charge in [-0.15, -0.1) is 0 Å². The summed E-state index contributed by atoms with van der Waals surface area (Å²) in [4.78, 5) is 26.3.